The summed E-state index contributed by atoms with van der Waals surface area (Å²) in [6.45, 7) is 8.93. The Kier molecular flexibility index (Phi) is 3.80. The standard InChI is InChI=1S/C12H14O2/c1-4-11-6-8-12(9-7-11)14-10(3)13-5-2/h4-10H,1-2H2,3H3. The van der Waals surface area contributed by atoms with Gasteiger partial charge in [-0.2, -0.15) is 0 Å². The second-order valence-electron chi connectivity index (χ2n) is 2.76. The van der Waals surface area contributed by atoms with Gasteiger partial charge < -0.3 is 9.47 Å². The van der Waals surface area contributed by atoms with Gasteiger partial charge in [0.1, 0.15) is 5.75 Å². The van der Waals surface area contributed by atoms with Crippen LogP contribution in [0.4, 0.5) is 0 Å². The summed E-state index contributed by atoms with van der Waals surface area (Å²) in [6, 6.07) is 7.62. The largest absolute Gasteiger partial charge is 0.463 e. The van der Waals surface area contributed by atoms with E-state index in [1.165, 1.54) is 6.26 Å². The monoisotopic (exact) mass is 190 g/mol. The lowest BCUT2D eigenvalue weighted by atomic mass is 10.2. The summed E-state index contributed by atoms with van der Waals surface area (Å²) in [7, 11) is 0. The fraction of sp³-hybridized carbons (Fsp3) is 0.167. The first kappa shape index (κ1) is 10.4. The molecule has 2 heteroatoms. The second-order valence-corrected chi connectivity index (χ2v) is 2.76. The first-order chi connectivity index (χ1) is 6.76. The van der Waals surface area contributed by atoms with Crippen molar-refractivity contribution in [2.75, 3.05) is 0 Å². The number of ether oxygens (including phenoxy) is 2. The van der Waals surface area contributed by atoms with Gasteiger partial charge in [-0.25, -0.2) is 0 Å². The van der Waals surface area contributed by atoms with E-state index in [2.05, 4.69) is 13.2 Å². The Balaban J connectivity index is 2.59. The maximum Gasteiger partial charge on any atom is 0.237 e. The SMILES string of the molecule is C=COC(C)Oc1ccc(C=C)cc1. The van der Waals surface area contributed by atoms with Gasteiger partial charge in [-0.3, -0.25) is 0 Å². The van der Waals surface area contributed by atoms with E-state index >= 15 is 0 Å². The Morgan fingerprint density at radius 3 is 2.36 bits per heavy atom. The molecule has 1 aromatic carbocycles. The highest BCUT2D eigenvalue weighted by atomic mass is 16.7. The molecule has 74 valence electrons. The van der Waals surface area contributed by atoms with Crippen LogP contribution in [-0.2, 0) is 4.74 Å². The third-order valence-corrected chi connectivity index (χ3v) is 1.71. The van der Waals surface area contributed by atoms with Gasteiger partial charge in [0.05, 0.1) is 6.26 Å². The van der Waals surface area contributed by atoms with Crippen LogP contribution in [-0.4, -0.2) is 6.29 Å². The smallest absolute Gasteiger partial charge is 0.237 e. The van der Waals surface area contributed by atoms with Gasteiger partial charge in [0.25, 0.3) is 0 Å². The van der Waals surface area contributed by atoms with Crippen molar-refractivity contribution in [3.8, 4) is 5.75 Å². The Hall–Kier alpha value is -1.70. The van der Waals surface area contributed by atoms with E-state index in [9.17, 15) is 0 Å². The molecule has 1 aromatic rings. The lowest BCUT2D eigenvalue weighted by molar-refractivity contribution is -0.0131. The van der Waals surface area contributed by atoms with E-state index in [4.69, 9.17) is 9.47 Å². The van der Waals surface area contributed by atoms with Gasteiger partial charge in [-0.1, -0.05) is 31.4 Å². The van der Waals surface area contributed by atoms with Crippen molar-refractivity contribution in [2.24, 2.45) is 0 Å². The highest BCUT2D eigenvalue weighted by Crippen LogP contribution is 2.14. The molecule has 0 saturated heterocycles. The second kappa shape index (κ2) is 5.12. The zero-order chi connectivity index (χ0) is 10.4. The third kappa shape index (κ3) is 2.98. The van der Waals surface area contributed by atoms with Crippen molar-refractivity contribution >= 4 is 6.08 Å². The molecule has 0 spiro atoms. The molecule has 1 unspecified atom stereocenters. The van der Waals surface area contributed by atoms with E-state index in [-0.39, 0.29) is 6.29 Å². The molecule has 0 amide bonds. The number of rotatable bonds is 5. The zero-order valence-corrected chi connectivity index (χ0v) is 8.27. The molecule has 0 aliphatic carbocycles. The lowest BCUT2D eigenvalue weighted by Crippen LogP contribution is -2.12. The summed E-state index contributed by atoms with van der Waals surface area (Å²) < 4.78 is 10.5. The molecule has 0 heterocycles. The van der Waals surface area contributed by atoms with Crippen LogP contribution in [0.3, 0.4) is 0 Å². The van der Waals surface area contributed by atoms with Crippen LogP contribution in [0.2, 0.25) is 0 Å². The molecule has 14 heavy (non-hydrogen) atoms. The van der Waals surface area contributed by atoms with Crippen molar-refractivity contribution in [3.05, 3.63) is 49.2 Å². The minimum absolute atomic E-state index is 0.318. The summed E-state index contributed by atoms with van der Waals surface area (Å²) in [5.74, 6) is 0.768. The van der Waals surface area contributed by atoms with Crippen LogP contribution in [0, 0.1) is 0 Å². The molecule has 0 aliphatic rings. The van der Waals surface area contributed by atoms with Crippen molar-refractivity contribution in [1.82, 2.24) is 0 Å². The minimum Gasteiger partial charge on any atom is -0.463 e. The molecule has 0 radical (unpaired) electrons. The third-order valence-electron chi connectivity index (χ3n) is 1.71. The van der Waals surface area contributed by atoms with Gasteiger partial charge in [0.15, 0.2) is 0 Å². The van der Waals surface area contributed by atoms with Crippen LogP contribution in [0.25, 0.3) is 6.08 Å². The normalized spacial score (nSPS) is 11.5. The van der Waals surface area contributed by atoms with Crippen molar-refractivity contribution in [2.45, 2.75) is 13.2 Å². The average Bonchev–Trinajstić information content (AvgIpc) is 2.19. The first-order valence-corrected chi connectivity index (χ1v) is 4.42. The zero-order valence-electron chi connectivity index (χ0n) is 8.27. The van der Waals surface area contributed by atoms with E-state index in [0.29, 0.717) is 0 Å². The summed E-state index contributed by atoms with van der Waals surface area (Å²) in [5, 5.41) is 0. The topological polar surface area (TPSA) is 18.5 Å². The molecule has 0 fully saturated rings. The van der Waals surface area contributed by atoms with Crippen LogP contribution in [0.15, 0.2) is 43.7 Å². The van der Waals surface area contributed by atoms with Crippen molar-refractivity contribution < 1.29 is 9.47 Å². The van der Waals surface area contributed by atoms with Crippen LogP contribution in [0.5, 0.6) is 5.75 Å². The quantitative estimate of drug-likeness (QED) is 0.524. The van der Waals surface area contributed by atoms with E-state index in [1.54, 1.807) is 6.08 Å². The highest BCUT2D eigenvalue weighted by molar-refractivity contribution is 5.48. The Morgan fingerprint density at radius 2 is 1.86 bits per heavy atom. The maximum absolute atomic E-state index is 5.43. The number of benzene rings is 1. The molecule has 0 N–H and O–H groups in total. The fourth-order valence-electron chi connectivity index (χ4n) is 1.04. The minimum atomic E-state index is -0.318. The first-order valence-electron chi connectivity index (χ1n) is 4.42. The summed E-state index contributed by atoms with van der Waals surface area (Å²) in [6.07, 6.45) is 2.83. The van der Waals surface area contributed by atoms with Gasteiger partial charge in [-0.05, 0) is 17.7 Å². The Bertz CT molecular complexity index is 301. The average molecular weight is 190 g/mol. The summed E-state index contributed by atoms with van der Waals surface area (Å²) in [5.41, 5.74) is 1.06. The molecule has 1 atom stereocenters. The Morgan fingerprint density at radius 1 is 1.21 bits per heavy atom. The molecular formula is C12H14O2. The van der Waals surface area contributed by atoms with Crippen LogP contribution in [0.1, 0.15) is 12.5 Å². The van der Waals surface area contributed by atoms with E-state index < -0.39 is 0 Å². The number of hydrogen-bond donors (Lipinski definition) is 0. The van der Waals surface area contributed by atoms with Crippen molar-refractivity contribution in [1.29, 1.82) is 0 Å². The summed E-state index contributed by atoms with van der Waals surface area (Å²) >= 11 is 0. The summed E-state index contributed by atoms with van der Waals surface area (Å²) in [4.78, 5) is 0. The van der Waals surface area contributed by atoms with Gasteiger partial charge in [0, 0.05) is 6.92 Å². The molecule has 0 bridgehead atoms. The molecular weight excluding hydrogens is 176 g/mol. The molecule has 1 rings (SSSR count). The van der Waals surface area contributed by atoms with Gasteiger partial charge in [-0.15, -0.1) is 0 Å². The predicted octanol–water partition coefficient (Wildman–Crippen LogP) is 3.21. The fourth-order valence-corrected chi connectivity index (χ4v) is 1.04. The molecule has 0 saturated carbocycles. The number of hydrogen-bond acceptors (Lipinski definition) is 2. The predicted molar refractivity (Wildman–Crippen MR) is 57.9 cm³/mol. The molecule has 2 nitrogen and oxygen atoms in total. The molecule has 0 aromatic heterocycles. The van der Waals surface area contributed by atoms with E-state index in [1.807, 2.05) is 31.2 Å². The van der Waals surface area contributed by atoms with Gasteiger partial charge >= 0.3 is 0 Å². The maximum atomic E-state index is 5.43. The highest BCUT2D eigenvalue weighted by Gasteiger charge is 2.00. The van der Waals surface area contributed by atoms with Crippen molar-refractivity contribution in [3.63, 3.8) is 0 Å². The Labute approximate surface area is 84.5 Å². The van der Waals surface area contributed by atoms with Crippen LogP contribution < -0.4 is 4.74 Å². The molecule has 0 aliphatic heterocycles. The van der Waals surface area contributed by atoms with E-state index in [0.717, 1.165) is 11.3 Å². The van der Waals surface area contributed by atoms with Gasteiger partial charge in [0.2, 0.25) is 6.29 Å². The lowest BCUT2D eigenvalue weighted by Gasteiger charge is -2.13. The van der Waals surface area contributed by atoms with Crippen LogP contribution >= 0.6 is 0 Å².